The van der Waals surface area contributed by atoms with Gasteiger partial charge in [-0.15, -0.1) is 26.3 Å². The zero-order chi connectivity index (χ0) is 52.4. The number of anilines is 2. The van der Waals surface area contributed by atoms with Gasteiger partial charge in [0.2, 0.25) is 11.8 Å². The summed E-state index contributed by atoms with van der Waals surface area (Å²) in [5.41, 5.74) is 0.906. The highest BCUT2D eigenvalue weighted by Gasteiger charge is 2.54. The van der Waals surface area contributed by atoms with Crippen LogP contribution in [0.5, 0.6) is 11.5 Å². The first-order valence-corrected chi connectivity index (χ1v) is 21.9. The monoisotopic (exact) mass is 1060 g/mol. The number of benzene rings is 6. The highest BCUT2D eigenvalue weighted by Crippen LogP contribution is 2.50. The van der Waals surface area contributed by atoms with E-state index in [9.17, 15) is 67.4 Å². The summed E-state index contributed by atoms with van der Waals surface area (Å²) in [4.78, 5) is 28.0. The Hall–Kier alpha value is -6.48. The molecule has 3 unspecified atom stereocenters. The number of hydrogen-bond donors (Lipinski definition) is 2. The van der Waals surface area contributed by atoms with Gasteiger partial charge in [0, 0.05) is 21.4 Å². The van der Waals surface area contributed by atoms with Crippen LogP contribution < -0.4 is 19.7 Å². The highest BCUT2D eigenvalue weighted by molar-refractivity contribution is 6.31. The summed E-state index contributed by atoms with van der Waals surface area (Å²) in [5.74, 6) is -1.88. The van der Waals surface area contributed by atoms with Crippen molar-refractivity contribution in [1.29, 1.82) is 0 Å². The molecular formula is C50H36Cl2F12N2O6. The van der Waals surface area contributed by atoms with E-state index in [0.29, 0.717) is 33.0 Å². The molecule has 6 aromatic carbocycles. The highest BCUT2D eigenvalue weighted by atomic mass is 35.5. The maximum Gasteiger partial charge on any atom is 0.573 e. The lowest BCUT2D eigenvalue weighted by molar-refractivity contribution is -0.275. The Morgan fingerprint density at radius 3 is 1.57 bits per heavy atom. The number of alkyl halides is 12. The van der Waals surface area contributed by atoms with Gasteiger partial charge >= 0.3 is 25.1 Å². The number of aliphatic hydroxyl groups is 1. The minimum Gasteiger partial charge on any atom is -0.406 e. The first-order chi connectivity index (χ1) is 33.7. The number of carbonyl (C=O) groups is 2. The van der Waals surface area contributed by atoms with Gasteiger partial charge in [-0.3, -0.25) is 9.59 Å². The van der Waals surface area contributed by atoms with Crippen molar-refractivity contribution in [3.8, 4) is 11.5 Å². The lowest BCUT2D eigenvalue weighted by Crippen LogP contribution is -2.48. The number of nitrogens with zero attached hydrogens (tertiary/aromatic N) is 1. The molecule has 0 bridgehead atoms. The maximum absolute atomic E-state index is 14.0. The average molecular weight is 1060 g/mol. The summed E-state index contributed by atoms with van der Waals surface area (Å²) < 4.78 is 161. The third-order valence-electron chi connectivity index (χ3n) is 11.6. The van der Waals surface area contributed by atoms with Gasteiger partial charge in [-0.05, 0) is 107 Å². The summed E-state index contributed by atoms with van der Waals surface area (Å²) in [7, 11) is 0. The molecule has 0 saturated carbocycles. The van der Waals surface area contributed by atoms with Gasteiger partial charge in [-0.2, -0.15) is 26.3 Å². The van der Waals surface area contributed by atoms with E-state index in [0.717, 1.165) is 22.6 Å². The van der Waals surface area contributed by atoms with E-state index < -0.39 is 66.3 Å². The Morgan fingerprint density at radius 1 is 0.625 bits per heavy atom. The minimum atomic E-state index is -4.97. The molecule has 380 valence electrons. The van der Waals surface area contributed by atoms with Gasteiger partial charge in [0.25, 0.3) is 0 Å². The molecule has 6 aromatic rings. The number of hydrogen-bond acceptors (Lipinski definition) is 6. The molecule has 72 heavy (non-hydrogen) atoms. The minimum absolute atomic E-state index is 0.144. The standard InChI is InChI=1S/C25H18ClF6NO3.C22H15ClF3NO2.C3H3F3O/c26-17-7-4-6-16(12-17)23(13-15-5-3-8-18(11-15)36-25(30,31)32)19-9-1-2-10-20(19)33(22(23)35)14-21(34)24(27,28)29;23-16-7-4-6-15(12-16)21(18-9-1-2-10-19(18)27-20(21)28)13-14-5-3-8-17(11-14)29-22(24,25)26;4-3(5,6)2-1-7-2/h1-12,21,34H,13-14H2;1-12H,13H2,(H,27,28);2H,1H2/t21-,23?;;/m1../s1. The molecular weight excluding hydrogens is 1020 g/mol. The van der Waals surface area contributed by atoms with E-state index in [-0.39, 0.29) is 47.4 Å². The zero-order valence-electron chi connectivity index (χ0n) is 36.6. The summed E-state index contributed by atoms with van der Waals surface area (Å²) in [6.07, 6.45) is -23.1. The molecule has 22 heteroatoms. The third kappa shape index (κ3) is 12.2. The molecule has 0 aliphatic carbocycles. The Balaban J connectivity index is 0.000000189. The Bertz CT molecular complexity index is 2930. The molecule has 0 radical (unpaired) electrons. The number of para-hydroxylation sites is 2. The van der Waals surface area contributed by atoms with Crippen molar-refractivity contribution >= 4 is 46.4 Å². The van der Waals surface area contributed by atoms with Gasteiger partial charge in [0.15, 0.2) is 12.2 Å². The van der Waals surface area contributed by atoms with Crippen molar-refractivity contribution in [2.45, 2.75) is 61.0 Å². The van der Waals surface area contributed by atoms with Crippen molar-refractivity contribution in [3.63, 3.8) is 0 Å². The smallest absolute Gasteiger partial charge is 0.406 e. The molecule has 2 N–H and O–H groups in total. The second-order valence-electron chi connectivity index (χ2n) is 16.4. The summed E-state index contributed by atoms with van der Waals surface area (Å²) in [5, 5.41) is 13.3. The molecule has 9 rings (SSSR count). The van der Waals surface area contributed by atoms with E-state index in [4.69, 9.17) is 23.2 Å². The molecule has 4 atom stereocenters. The number of nitrogens with one attached hydrogen (secondary N) is 1. The van der Waals surface area contributed by atoms with Crippen LogP contribution in [0.4, 0.5) is 64.1 Å². The fourth-order valence-corrected chi connectivity index (χ4v) is 8.86. The van der Waals surface area contributed by atoms with Crippen molar-refractivity contribution in [2.24, 2.45) is 0 Å². The van der Waals surface area contributed by atoms with Gasteiger partial charge < -0.3 is 29.5 Å². The second-order valence-corrected chi connectivity index (χ2v) is 17.3. The third-order valence-corrected chi connectivity index (χ3v) is 12.0. The van der Waals surface area contributed by atoms with Crippen molar-refractivity contribution in [1.82, 2.24) is 0 Å². The quantitative estimate of drug-likeness (QED) is 0.105. The number of fused-ring (bicyclic) bond motifs is 2. The van der Waals surface area contributed by atoms with Crippen LogP contribution in [0, 0.1) is 0 Å². The number of epoxide rings is 1. The van der Waals surface area contributed by atoms with Crippen LogP contribution in [0.1, 0.15) is 33.4 Å². The number of amides is 2. The van der Waals surface area contributed by atoms with Gasteiger partial charge in [0.05, 0.1) is 13.2 Å². The number of carbonyl (C=O) groups excluding carboxylic acids is 2. The number of aliphatic hydroxyl groups excluding tert-OH is 1. The van der Waals surface area contributed by atoms with E-state index in [1.54, 1.807) is 66.7 Å². The summed E-state index contributed by atoms with van der Waals surface area (Å²) >= 11 is 12.4. The topological polar surface area (TPSA) is 101 Å². The van der Waals surface area contributed by atoms with E-state index in [1.807, 2.05) is 18.2 Å². The van der Waals surface area contributed by atoms with Crippen molar-refractivity contribution in [2.75, 3.05) is 23.4 Å². The van der Waals surface area contributed by atoms with Gasteiger partial charge in [-0.1, -0.05) is 108 Å². The van der Waals surface area contributed by atoms with Crippen LogP contribution in [0.2, 0.25) is 10.0 Å². The number of β-amino-alcohol motifs (C(OH)–C–C–N with tert-alkyl or cyclic N) is 1. The molecule has 0 spiro atoms. The Kier molecular flexibility index (Phi) is 15.2. The fraction of sp³-hybridized carbons (Fsp3) is 0.240. The van der Waals surface area contributed by atoms with E-state index >= 15 is 0 Å². The number of ether oxygens (including phenoxy) is 3. The lowest BCUT2D eigenvalue weighted by atomic mass is 9.71. The van der Waals surface area contributed by atoms with Crippen molar-refractivity contribution in [3.05, 3.63) is 189 Å². The normalized spacial score (nSPS) is 19.7. The predicted molar refractivity (Wildman–Crippen MR) is 240 cm³/mol. The Morgan fingerprint density at radius 2 is 1.10 bits per heavy atom. The zero-order valence-corrected chi connectivity index (χ0v) is 38.1. The van der Waals surface area contributed by atoms with Crippen LogP contribution in [0.15, 0.2) is 146 Å². The number of halogens is 14. The summed E-state index contributed by atoms with van der Waals surface area (Å²) in [6.45, 7) is -1.21. The first kappa shape index (κ1) is 53.3. The maximum atomic E-state index is 14.0. The fourth-order valence-electron chi connectivity index (χ4n) is 8.48. The molecule has 2 amide bonds. The predicted octanol–water partition coefficient (Wildman–Crippen LogP) is 12.7. The average Bonchev–Trinajstić information content (AvgIpc) is 4.09. The molecule has 1 saturated heterocycles. The van der Waals surface area contributed by atoms with Crippen LogP contribution >= 0.6 is 23.2 Å². The second kappa shape index (κ2) is 20.6. The molecule has 8 nitrogen and oxygen atoms in total. The molecule has 3 heterocycles. The Labute approximate surface area is 411 Å². The molecule has 0 aromatic heterocycles. The molecule has 3 aliphatic rings. The van der Waals surface area contributed by atoms with Crippen LogP contribution in [0.3, 0.4) is 0 Å². The summed E-state index contributed by atoms with van der Waals surface area (Å²) in [6, 6.07) is 37.2. The van der Waals surface area contributed by atoms with Gasteiger partial charge in [0.1, 0.15) is 22.3 Å². The largest absolute Gasteiger partial charge is 0.573 e. The van der Waals surface area contributed by atoms with E-state index in [2.05, 4.69) is 19.5 Å². The van der Waals surface area contributed by atoms with Crippen LogP contribution in [-0.2, 0) is 38.0 Å². The van der Waals surface area contributed by atoms with E-state index in [1.165, 1.54) is 48.5 Å². The van der Waals surface area contributed by atoms with Gasteiger partial charge in [-0.25, -0.2) is 0 Å². The molecule has 1 fully saturated rings. The van der Waals surface area contributed by atoms with Crippen LogP contribution in [-0.4, -0.2) is 67.4 Å². The first-order valence-electron chi connectivity index (χ1n) is 21.2. The SMILES string of the molecule is FC(F)(F)C1CO1.O=C1N(C[C@@H](O)C(F)(F)F)c2ccccc2C1(Cc1cccc(OC(F)(F)F)c1)c1cccc(Cl)c1.O=C1Nc2ccccc2C1(Cc1cccc(OC(F)(F)F)c1)c1cccc(Cl)c1. The van der Waals surface area contributed by atoms with Crippen LogP contribution in [0.25, 0.3) is 0 Å². The van der Waals surface area contributed by atoms with Crippen molar-refractivity contribution < 1.29 is 81.6 Å². The molecule has 3 aliphatic heterocycles. The number of rotatable bonds is 10. The lowest BCUT2D eigenvalue weighted by Gasteiger charge is -2.31.